The average molecular weight is 395 g/mol. The maximum atomic E-state index is 12.6. The number of piperidine rings is 1. The van der Waals surface area contributed by atoms with Crippen molar-refractivity contribution in [3.8, 4) is 0 Å². The first-order valence-corrected chi connectivity index (χ1v) is 9.55. The molecule has 0 aliphatic carbocycles. The molecule has 3 N–H and O–H groups in total. The molecule has 0 radical (unpaired) electrons. The van der Waals surface area contributed by atoms with Crippen LogP contribution in [0.4, 0.5) is 5.69 Å². The lowest BCUT2D eigenvalue weighted by Crippen LogP contribution is -2.45. The Hall–Kier alpha value is -1.63. The van der Waals surface area contributed by atoms with Crippen LogP contribution in [-0.4, -0.2) is 60.9 Å². The Morgan fingerprint density at radius 1 is 1.19 bits per heavy atom. The Kier molecular flexibility index (Phi) is 7.65. The molecule has 2 amide bonds. The van der Waals surface area contributed by atoms with E-state index in [1.165, 1.54) is 0 Å². The summed E-state index contributed by atoms with van der Waals surface area (Å²) in [6.07, 6.45) is 2.51. The lowest BCUT2D eigenvalue weighted by atomic mass is 9.90. The number of halogens is 1. The monoisotopic (exact) mass is 394 g/mol. The molecule has 1 aromatic carbocycles. The van der Waals surface area contributed by atoms with E-state index >= 15 is 0 Å². The van der Waals surface area contributed by atoms with Crippen molar-refractivity contribution in [2.45, 2.75) is 26.2 Å². The largest absolute Gasteiger partial charge is 0.342 e. The molecule has 0 saturated carbocycles. The summed E-state index contributed by atoms with van der Waals surface area (Å²) in [4.78, 5) is 29.1. The van der Waals surface area contributed by atoms with Crippen LogP contribution in [0.3, 0.4) is 0 Å². The highest BCUT2D eigenvalue weighted by atomic mass is 35.5. The van der Waals surface area contributed by atoms with Gasteiger partial charge in [0, 0.05) is 31.2 Å². The first-order chi connectivity index (χ1) is 12.5. The van der Waals surface area contributed by atoms with E-state index in [4.69, 9.17) is 5.73 Å². The fourth-order valence-electron chi connectivity index (χ4n) is 3.88. The predicted molar refractivity (Wildman–Crippen MR) is 110 cm³/mol. The third kappa shape index (κ3) is 5.67. The van der Waals surface area contributed by atoms with Crippen molar-refractivity contribution < 1.29 is 9.59 Å². The number of rotatable bonds is 5. The molecule has 0 aromatic heterocycles. The summed E-state index contributed by atoms with van der Waals surface area (Å²) in [6.45, 7) is 6.48. The SMILES string of the molecule is CC1(CN)CCN(CC(=O)N2CCC(C(=O)Nc3ccccc3)CC2)C1.Cl. The van der Waals surface area contributed by atoms with E-state index in [-0.39, 0.29) is 35.6 Å². The van der Waals surface area contributed by atoms with Gasteiger partial charge in [-0.1, -0.05) is 25.1 Å². The Balaban J connectivity index is 0.00000261. The smallest absolute Gasteiger partial charge is 0.236 e. The number of nitrogens with one attached hydrogen (secondary N) is 1. The molecule has 1 atom stereocenters. The van der Waals surface area contributed by atoms with E-state index < -0.39 is 0 Å². The highest BCUT2D eigenvalue weighted by molar-refractivity contribution is 5.92. The Bertz CT molecular complexity index is 634. The van der Waals surface area contributed by atoms with Crippen molar-refractivity contribution in [3.63, 3.8) is 0 Å². The summed E-state index contributed by atoms with van der Waals surface area (Å²) in [6, 6.07) is 9.52. The van der Waals surface area contributed by atoms with Gasteiger partial charge in [-0.25, -0.2) is 0 Å². The number of amides is 2. The molecule has 27 heavy (non-hydrogen) atoms. The van der Waals surface area contributed by atoms with Crippen molar-refractivity contribution in [1.29, 1.82) is 0 Å². The van der Waals surface area contributed by atoms with Crippen LogP contribution < -0.4 is 11.1 Å². The van der Waals surface area contributed by atoms with E-state index in [9.17, 15) is 9.59 Å². The summed E-state index contributed by atoms with van der Waals surface area (Å²) in [5.74, 6) is 0.210. The third-order valence-corrected chi connectivity index (χ3v) is 5.75. The van der Waals surface area contributed by atoms with Crippen LogP contribution in [0, 0.1) is 11.3 Å². The van der Waals surface area contributed by atoms with E-state index in [1.54, 1.807) is 0 Å². The number of hydrogen-bond donors (Lipinski definition) is 2. The third-order valence-electron chi connectivity index (χ3n) is 5.75. The molecule has 1 unspecified atom stereocenters. The fourth-order valence-corrected chi connectivity index (χ4v) is 3.88. The molecule has 3 rings (SSSR count). The van der Waals surface area contributed by atoms with Gasteiger partial charge in [0.1, 0.15) is 0 Å². The van der Waals surface area contributed by atoms with Gasteiger partial charge in [0.25, 0.3) is 0 Å². The van der Waals surface area contributed by atoms with Crippen molar-refractivity contribution in [3.05, 3.63) is 30.3 Å². The van der Waals surface area contributed by atoms with Gasteiger partial charge in [-0.2, -0.15) is 0 Å². The molecule has 1 aromatic rings. The van der Waals surface area contributed by atoms with Gasteiger partial charge < -0.3 is 16.0 Å². The lowest BCUT2D eigenvalue weighted by Gasteiger charge is -2.32. The summed E-state index contributed by atoms with van der Waals surface area (Å²) >= 11 is 0. The van der Waals surface area contributed by atoms with Crippen LogP contribution in [0.1, 0.15) is 26.2 Å². The second-order valence-electron chi connectivity index (χ2n) is 7.99. The zero-order valence-electron chi connectivity index (χ0n) is 16.0. The normalized spacial score (nSPS) is 23.7. The van der Waals surface area contributed by atoms with E-state index in [2.05, 4.69) is 17.1 Å². The van der Waals surface area contributed by atoms with Gasteiger partial charge in [-0.05, 0) is 49.9 Å². The van der Waals surface area contributed by atoms with Crippen molar-refractivity contribution in [2.24, 2.45) is 17.1 Å². The molecule has 2 aliphatic heterocycles. The van der Waals surface area contributed by atoms with Crippen molar-refractivity contribution >= 4 is 29.9 Å². The molecule has 0 bridgehead atoms. The van der Waals surface area contributed by atoms with Gasteiger partial charge in [0.2, 0.25) is 11.8 Å². The molecule has 150 valence electrons. The highest BCUT2D eigenvalue weighted by Crippen LogP contribution is 2.28. The predicted octanol–water partition coefficient (Wildman–Crippen LogP) is 1.96. The molecule has 2 aliphatic rings. The number of nitrogens with two attached hydrogens (primary N) is 1. The van der Waals surface area contributed by atoms with Gasteiger partial charge >= 0.3 is 0 Å². The van der Waals surface area contributed by atoms with Crippen LogP contribution in [0.5, 0.6) is 0 Å². The fraction of sp³-hybridized carbons (Fsp3) is 0.600. The number of carbonyl (C=O) groups excluding carboxylic acids is 2. The summed E-state index contributed by atoms with van der Waals surface area (Å²) < 4.78 is 0. The topological polar surface area (TPSA) is 78.7 Å². The molecular weight excluding hydrogens is 364 g/mol. The number of para-hydroxylation sites is 1. The summed E-state index contributed by atoms with van der Waals surface area (Å²) in [5.41, 5.74) is 6.81. The van der Waals surface area contributed by atoms with Gasteiger partial charge in [-0.3, -0.25) is 14.5 Å². The number of likely N-dealkylation sites (tertiary alicyclic amines) is 2. The van der Waals surface area contributed by atoms with E-state index in [0.29, 0.717) is 26.2 Å². The summed E-state index contributed by atoms with van der Waals surface area (Å²) in [5, 5.41) is 2.97. The summed E-state index contributed by atoms with van der Waals surface area (Å²) in [7, 11) is 0. The average Bonchev–Trinajstić information content (AvgIpc) is 3.04. The van der Waals surface area contributed by atoms with Crippen LogP contribution in [0.2, 0.25) is 0 Å². The van der Waals surface area contributed by atoms with Crippen LogP contribution in [-0.2, 0) is 9.59 Å². The molecule has 2 saturated heterocycles. The minimum atomic E-state index is -0.0217. The minimum absolute atomic E-state index is 0. The first kappa shape index (κ1) is 21.7. The number of anilines is 1. The molecule has 2 heterocycles. The number of hydrogen-bond acceptors (Lipinski definition) is 4. The van der Waals surface area contributed by atoms with Crippen molar-refractivity contribution in [2.75, 3.05) is 44.6 Å². The maximum Gasteiger partial charge on any atom is 0.236 e. The quantitative estimate of drug-likeness (QED) is 0.800. The second kappa shape index (κ2) is 9.53. The Labute approximate surface area is 167 Å². The first-order valence-electron chi connectivity index (χ1n) is 9.55. The van der Waals surface area contributed by atoms with Gasteiger partial charge in [0.05, 0.1) is 6.54 Å². The van der Waals surface area contributed by atoms with Crippen LogP contribution in [0.15, 0.2) is 30.3 Å². The Morgan fingerprint density at radius 2 is 1.85 bits per heavy atom. The molecule has 2 fully saturated rings. The maximum absolute atomic E-state index is 12.6. The van der Waals surface area contributed by atoms with E-state index in [1.807, 2.05) is 35.2 Å². The van der Waals surface area contributed by atoms with Crippen molar-refractivity contribution in [1.82, 2.24) is 9.80 Å². The van der Waals surface area contributed by atoms with Gasteiger partial charge in [0.15, 0.2) is 0 Å². The zero-order chi connectivity index (χ0) is 18.6. The molecule has 6 nitrogen and oxygen atoms in total. The number of carbonyl (C=O) groups is 2. The zero-order valence-corrected chi connectivity index (χ0v) is 16.8. The van der Waals surface area contributed by atoms with Crippen LogP contribution in [0.25, 0.3) is 0 Å². The minimum Gasteiger partial charge on any atom is -0.342 e. The molecule has 0 spiro atoms. The highest BCUT2D eigenvalue weighted by Gasteiger charge is 2.34. The number of benzene rings is 1. The molecular formula is C20H31ClN4O2. The van der Waals surface area contributed by atoms with Crippen LogP contribution >= 0.6 is 12.4 Å². The molecule has 7 heteroatoms. The lowest BCUT2D eigenvalue weighted by molar-refractivity contribution is -0.135. The number of nitrogens with zero attached hydrogens (tertiary/aromatic N) is 2. The van der Waals surface area contributed by atoms with E-state index in [0.717, 1.165) is 38.0 Å². The standard InChI is InChI=1S/C20H30N4O2.ClH/c1-20(14-21)9-12-23(15-20)13-18(25)24-10-7-16(8-11-24)19(26)22-17-5-3-2-4-6-17;/h2-6,16H,7-15,21H2,1H3,(H,22,26);1H. The second-order valence-corrected chi connectivity index (χ2v) is 7.99. The Morgan fingerprint density at radius 3 is 2.44 bits per heavy atom. The van der Waals surface area contributed by atoms with Gasteiger partial charge in [-0.15, -0.1) is 12.4 Å².